The Bertz CT molecular complexity index is 236. The Labute approximate surface area is 118 Å². The van der Waals surface area contributed by atoms with E-state index in [1.807, 2.05) is 0 Å². The third kappa shape index (κ3) is 5.03. The molecule has 0 bridgehead atoms. The van der Waals surface area contributed by atoms with E-state index in [0.29, 0.717) is 6.10 Å². The Morgan fingerprint density at radius 3 is 2.47 bits per heavy atom. The second kappa shape index (κ2) is 8.20. The minimum Gasteiger partial charge on any atom is -0.377 e. The van der Waals surface area contributed by atoms with Gasteiger partial charge >= 0.3 is 0 Å². The smallest absolute Gasteiger partial charge is 0.0600 e. The fourth-order valence-electron chi connectivity index (χ4n) is 3.18. The number of nitrogens with one attached hydrogen (secondary N) is 1. The summed E-state index contributed by atoms with van der Waals surface area (Å²) in [5, 5.41) is 3.38. The summed E-state index contributed by atoms with van der Waals surface area (Å²) in [7, 11) is 2.26. The summed E-state index contributed by atoms with van der Waals surface area (Å²) in [4.78, 5) is 5.06. The van der Waals surface area contributed by atoms with E-state index in [2.05, 4.69) is 29.1 Å². The van der Waals surface area contributed by atoms with Crippen LogP contribution in [0.2, 0.25) is 0 Å². The van der Waals surface area contributed by atoms with Crippen LogP contribution < -0.4 is 5.32 Å². The fourth-order valence-corrected chi connectivity index (χ4v) is 3.18. The van der Waals surface area contributed by atoms with E-state index in [1.165, 1.54) is 45.3 Å². The van der Waals surface area contributed by atoms with Crippen LogP contribution in [0.25, 0.3) is 0 Å². The first-order chi connectivity index (χ1) is 9.29. The second-order valence-electron chi connectivity index (χ2n) is 5.97. The Hall–Kier alpha value is -0.160. The molecule has 0 spiro atoms. The minimum absolute atomic E-state index is 0.497. The highest BCUT2D eigenvalue weighted by atomic mass is 16.5. The third-order valence-corrected chi connectivity index (χ3v) is 4.71. The maximum Gasteiger partial charge on any atom is 0.0600 e. The van der Waals surface area contributed by atoms with E-state index in [0.717, 1.165) is 32.3 Å². The summed E-state index contributed by atoms with van der Waals surface area (Å²) in [6, 6.07) is 0.763. The first kappa shape index (κ1) is 15.2. The van der Waals surface area contributed by atoms with Gasteiger partial charge in [-0.05, 0) is 65.5 Å². The van der Waals surface area contributed by atoms with Crippen molar-refractivity contribution in [3.8, 4) is 0 Å². The van der Waals surface area contributed by atoms with E-state index < -0.39 is 0 Å². The molecule has 2 aliphatic rings. The molecule has 2 rings (SSSR count). The predicted molar refractivity (Wildman–Crippen MR) is 79.6 cm³/mol. The monoisotopic (exact) mass is 269 g/mol. The molecule has 0 radical (unpaired) electrons. The van der Waals surface area contributed by atoms with Gasteiger partial charge in [0.05, 0.1) is 12.7 Å². The zero-order chi connectivity index (χ0) is 13.5. The van der Waals surface area contributed by atoms with Gasteiger partial charge in [-0.15, -0.1) is 0 Å². The minimum atomic E-state index is 0.497. The van der Waals surface area contributed by atoms with Crippen LogP contribution in [0, 0.1) is 0 Å². The van der Waals surface area contributed by atoms with Crippen LogP contribution in [0.15, 0.2) is 0 Å². The highest BCUT2D eigenvalue weighted by Crippen LogP contribution is 2.15. The molecule has 1 N–H and O–H groups in total. The average molecular weight is 269 g/mol. The molecule has 0 aliphatic carbocycles. The number of hydrogen-bond acceptors (Lipinski definition) is 4. The SMILES string of the molecule is CCN1CCC(N(C)CCOC2CCNCC2)CC1. The van der Waals surface area contributed by atoms with Crippen molar-refractivity contribution in [3.05, 3.63) is 0 Å². The van der Waals surface area contributed by atoms with Crippen molar-refractivity contribution in [1.82, 2.24) is 15.1 Å². The third-order valence-electron chi connectivity index (χ3n) is 4.71. The fraction of sp³-hybridized carbons (Fsp3) is 1.00. The Morgan fingerprint density at radius 2 is 1.84 bits per heavy atom. The summed E-state index contributed by atoms with van der Waals surface area (Å²) in [5.41, 5.74) is 0. The molecule has 0 atom stereocenters. The molecule has 0 unspecified atom stereocenters. The Balaban J connectivity index is 1.57. The highest BCUT2D eigenvalue weighted by Gasteiger charge is 2.21. The molecule has 0 amide bonds. The molecule has 4 heteroatoms. The van der Waals surface area contributed by atoms with Crippen LogP contribution in [0.3, 0.4) is 0 Å². The van der Waals surface area contributed by atoms with Crippen LogP contribution in [0.5, 0.6) is 0 Å². The van der Waals surface area contributed by atoms with Crippen molar-refractivity contribution in [2.75, 3.05) is 52.9 Å². The molecule has 2 aliphatic heterocycles. The van der Waals surface area contributed by atoms with Crippen LogP contribution in [0.1, 0.15) is 32.6 Å². The molecule has 4 nitrogen and oxygen atoms in total. The molecule has 2 saturated heterocycles. The van der Waals surface area contributed by atoms with Gasteiger partial charge in [0.15, 0.2) is 0 Å². The number of likely N-dealkylation sites (tertiary alicyclic amines) is 1. The maximum absolute atomic E-state index is 5.99. The zero-order valence-corrected chi connectivity index (χ0v) is 12.7. The van der Waals surface area contributed by atoms with Crippen LogP contribution in [-0.4, -0.2) is 74.9 Å². The van der Waals surface area contributed by atoms with Crippen molar-refractivity contribution in [1.29, 1.82) is 0 Å². The maximum atomic E-state index is 5.99. The van der Waals surface area contributed by atoms with Gasteiger partial charge in [-0.2, -0.15) is 0 Å². The summed E-state index contributed by atoms with van der Waals surface area (Å²) < 4.78 is 5.99. The number of piperidine rings is 2. The van der Waals surface area contributed by atoms with Gasteiger partial charge in [0.1, 0.15) is 0 Å². The van der Waals surface area contributed by atoms with E-state index in [4.69, 9.17) is 4.74 Å². The number of hydrogen-bond donors (Lipinski definition) is 1. The predicted octanol–water partition coefficient (Wildman–Crippen LogP) is 1.17. The van der Waals surface area contributed by atoms with Crippen molar-refractivity contribution in [2.45, 2.75) is 44.8 Å². The summed E-state index contributed by atoms with van der Waals surface area (Å²) >= 11 is 0. The molecule has 0 aromatic heterocycles. The zero-order valence-electron chi connectivity index (χ0n) is 12.7. The molecule has 2 fully saturated rings. The van der Waals surface area contributed by atoms with Crippen LogP contribution in [-0.2, 0) is 4.74 Å². The van der Waals surface area contributed by atoms with E-state index >= 15 is 0 Å². The molecule has 112 valence electrons. The van der Waals surface area contributed by atoms with E-state index in [-0.39, 0.29) is 0 Å². The first-order valence-corrected chi connectivity index (χ1v) is 8.04. The normalized spacial score (nSPS) is 24.2. The van der Waals surface area contributed by atoms with Crippen molar-refractivity contribution < 1.29 is 4.74 Å². The van der Waals surface area contributed by atoms with Crippen LogP contribution >= 0.6 is 0 Å². The molecule has 0 aromatic rings. The van der Waals surface area contributed by atoms with E-state index in [9.17, 15) is 0 Å². The summed E-state index contributed by atoms with van der Waals surface area (Å²) in [5.74, 6) is 0. The van der Waals surface area contributed by atoms with Crippen molar-refractivity contribution >= 4 is 0 Å². The summed E-state index contributed by atoms with van der Waals surface area (Å²) in [6.07, 6.45) is 5.49. The number of nitrogens with zero attached hydrogens (tertiary/aromatic N) is 2. The standard InChI is InChI=1S/C15H31N3O/c1-3-18-10-6-14(7-11-18)17(2)12-13-19-15-4-8-16-9-5-15/h14-16H,3-13H2,1-2H3. The van der Waals surface area contributed by atoms with Gasteiger partial charge in [-0.3, -0.25) is 0 Å². The number of rotatable bonds is 6. The highest BCUT2D eigenvalue weighted by molar-refractivity contribution is 4.78. The molecular weight excluding hydrogens is 238 g/mol. The lowest BCUT2D eigenvalue weighted by molar-refractivity contribution is 0.0135. The topological polar surface area (TPSA) is 27.7 Å². The lowest BCUT2D eigenvalue weighted by Gasteiger charge is -2.36. The summed E-state index contributed by atoms with van der Waals surface area (Å²) in [6.45, 7) is 10.2. The Morgan fingerprint density at radius 1 is 1.16 bits per heavy atom. The van der Waals surface area contributed by atoms with Crippen molar-refractivity contribution in [2.24, 2.45) is 0 Å². The second-order valence-corrected chi connectivity index (χ2v) is 5.97. The van der Waals surface area contributed by atoms with E-state index in [1.54, 1.807) is 0 Å². The van der Waals surface area contributed by atoms with Crippen molar-refractivity contribution in [3.63, 3.8) is 0 Å². The number of likely N-dealkylation sites (N-methyl/N-ethyl adjacent to an activating group) is 1. The number of ether oxygens (including phenoxy) is 1. The molecular formula is C15H31N3O. The Kier molecular flexibility index (Phi) is 6.57. The van der Waals surface area contributed by atoms with Gasteiger partial charge < -0.3 is 19.9 Å². The molecule has 0 saturated carbocycles. The van der Waals surface area contributed by atoms with Crippen LogP contribution in [0.4, 0.5) is 0 Å². The quantitative estimate of drug-likeness (QED) is 0.783. The largest absolute Gasteiger partial charge is 0.377 e. The lowest BCUT2D eigenvalue weighted by Crippen LogP contribution is -2.44. The van der Waals surface area contributed by atoms with Gasteiger partial charge in [-0.25, -0.2) is 0 Å². The molecule has 0 aromatic carbocycles. The molecule has 19 heavy (non-hydrogen) atoms. The van der Waals surface area contributed by atoms with Gasteiger partial charge in [0, 0.05) is 12.6 Å². The van der Waals surface area contributed by atoms with Gasteiger partial charge in [0.25, 0.3) is 0 Å². The van der Waals surface area contributed by atoms with Gasteiger partial charge in [-0.1, -0.05) is 6.92 Å². The average Bonchev–Trinajstić information content (AvgIpc) is 2.48. The van der Waals surface area contributed by atoms with Gasteiger partial charge in [0.2, 0.25) is 0 Å². The molecule has 2 heterocycles. The first-order valence-electron chi connectivity index (χ1n) is 8.04. The lowest BCUT2D eigenvalue weighted by atomic mass is 10.0.